The normalized spacial score (nSPS) is 11.8. The van der Waals surface area contributed by atoms with Crippen molar-refractivity contribution in [1.82, 2.24) is 20.6 Å². The van der Waals surface area contributed by atoms with Crippen molar-refractivity contribution >= 4 is 11.8 Å². The van der Waals surface area contributed by atoms with E-state index in [2.05, 4.69) is 20.6 Å². The van der Waals surface area contributed by atoms with Gasteiger partial charge in [-0.05, 0) is 77.6 Å². The first-order chi connectivity index (χ1) is 14.5. The van der Waals surface area contributed by atoms with Crippen LogP contribution in [0.2, 0.25) is 0 Å². The molecule has 0 unspecified atom stereocenters. The third-order valence-electron chi connectivity index (χ3n) is 5.48. The summed E-state index contributed by atoms with van der Waals surface area (Å²) >= 11 is 0. The molecule has 0 aliphatic carbocycles. The molecule has 2 amide bonds. The van der Waals surface area contributed by atoms with Crippen molar-refractivity contribution in [2.45, 2.75) is 84.7 Å². The number of hydrogen-bond acceptors (Lipinski definition) is 4. The molecule has 0 saturated carbocycles. The molecule has 2 heterocycles. The van der Waals surface area contributed by atoms with Gasteiger partial charge in [0.1, 0.15) is 0 Å². The zero-order chi connectivity index (χ0) is 23.1. The average Bonchev–Trinajstić information content (AvgIpc) is 2.67. The highest BCUT2D eigenvalue weighted by atomic mass is 16.2. The number of carbonyl (C=O) groups excluding carboxylic acids is 2. The number of nitrogens with zero attached hydrogens (tertiary/aromatic N) is 2. The van der Waals surface area contributed by atoms with Crippen LogP contribution >= 0.6 is 0 Å². The predicted octanol–water partition coefficient (Wildman–Crippen LogP) is 4.45. The van der Waals surface area contributed by atoms with E-state index in [0.29, 0.717) is 12.8 Å². The third-order valence-corrected chi connectivity index (χ3v) is 5.48. The lowest BCUT2D eigenvalue weighted by atomic mass is 9.95. The maximum absolute atomic E-state index is 12.3. The van der Waals surface area contributed by atoms with Crippen LogP contribution in [0.4, 0.5) is 0 Å². The molecule has 2 aromatic rings. The van der Waals surface area contributed by atoms with E-state index < -0.39 is 11.1 Å². The number of rotatable bonds is 10. The molecule has 2 rings (SSSR count). The highest BCUT2D eigenvalue weighted by Gasteiger charge is 2.24. The molecule has 2 N–H and O–H groups in total. The Kier molecular flexibility index (Phi) is 8.31. The molecule has 0 saturated heterocycles. The standard InChI is InChI=1S/C25H36N4O2/c1-18-12-14-20(16-26-18)24(3,4)28-22(30)10-8-7-9-11-23(31)29-25(5,6)21-15-13-19(2)27-17-21/h12-17H,7-11H2,1-6H3,(H,28,30)(H,29,31). The minimum absolute atomic E-state index is 0.0167. The molecule has 0 bridgehead atoms. The summed E-state index contributed by atoms with van der Waals surface area (Å²) in [5.41, 5.74) is 2.94. The van der Waals surface area contributed by atoms with Gasteiger partial charge in [0.2, 0.25) is 11.8 Å². The van der Waals surface area contributed by atoms with Gasteiger partial charge < -0.3 is 10.6 Å². The first-order valence-corrected chi connectivity index (χ1v) is 11.0. The van der Waals surface area contributed by atoms with Crippen LogP contribution in [0.15, 0.2) is 36.7 Å². The van der Waals surface area contributed by atoms with Crippen LogP contribution in [0, 0.1) is 13.8 Å². The second-order valence-electron chi connectivity index (χ2n) is 9.28. The fourth-order valence-corrected chi connectivity index (χ4v) is 3.39. The van der Waals surface area contributed by atoms with Crippen LogP contribution in [-0.4, -0.2) is 21.8 Å². The summed E-state index contributed by atoms with van der Waals surface area (Å²) in [7, 11) is 0. The van der Waals surface area contributed by atoms with E-state index in [1.165, 1.54) is 0 Å². The van der Waals surface area contributed by atoms with Crippen molar-refractivity contribution in [1.29, 1.82) is 0 Å². The Balaban J connectivity index is 1.69. The number of amides is 2. The van der Waals surface area contributed by atoms with Crippen molar-refractivity contribution < 1.29 is 9.59 Å². The molecule has 6 nitrogen and oxygen atoms in total. The van der Waals surface area contributed by atoms with Crippen LogP contribution in [0.1, 0.15) is 82.3 Å². The van der Waals surface area contributed by atoms with Gasteiger partial charge >= 0.3 is 0 Å². The Morgan fingerprint density at radius 1 is 0.710 bits per heavy atom. The highest BCUT2D eigenvalue weighted by molar-refractivity contribution is 5.77. The largest absolute Gasteiger partial charge is 0.347 e. The van der Waals surface area contributed by atoms with E-state index in [-0.39, 0.29) is 11.8 Å². The minimum atomic E-state index is -0.464. The number of pyridine rings is 2. The Labute approximate surface area is 186 Å². The van der Waals surface area contributed by atoms with Gasteiger partial charge in [-0.2, -0.15) is 0 Å². The van der Waals surface area contributed by atoms with E-state index in [1.807, 2.05) is 78.2 Å². The summed E-state index contributed by atoms with van der Waals surface area (Å²) in [5.74, 6) is 0.0334. The Morgan fingerprint density at radius 2 is 1.10 bits per heavy atom. The van der Waals surface area contributed by atoms with Gasteiger partial charge in [0.05, 0.1) is 11.1 Å². The van der Waals surface area contributed by atoms with Crippen LogP contribution in [0.5, 0.6) is 0 Å². The molecule has 0 radical (unpaired) electrons. The molecular formula is C25H36N4O2. The second kappa shape index (κ2) is 10.5. The Hall–Kier alpha value is -2.76. The fraction of sp³-hybridized carbons (Fsp3) is 0.520. The first-order valence-electron chi connectivity index (χ1n) is 11.0. The minimum Gasteiger partial charge on any atom is -0.347 e. The SMILES string of the molecule is Cc1ccc(C(C)(C)NC(=O)CCCCCC(=O)NC(C)(C)c2ccc(C)nc2)cn1. The summed E-state index contributed by atoms with van der Waals surface area (Å²) < 4.78 is 0. The lowest BCUT2D eigenvalue weighted by molar-refractivity contribution is -0.123. The zero-order valence-electron chi connectivity index (χ0n) is 19.7. The van der Waals surface area contributed by atoms with Crippen molar-refractivity contribution in [3.8, 4) is 0 Å². The third kappa shape index (κ3) is 7.78. The topological polar surface area (TPSA) is 84.0 Å². The van der Waals surface area contributed by atoms with E-state index in [1.54, 1.807) is 0 Å². The van der Waals surface area contributed by atoms with E-state index in [9.17, 15) is 9.59 Å². The van der Waals surface area contributed by atoms with E-state index >= 15 is 0 Å². The van der Waals surface area contributed by atoms with Crippen molar-refractivity contribution in [2.75, 3.05) is 0 Å². The predicted molar refractivity (Wildman–Crippen MR) is 123 cm³/mol. The lowest BCUT2D eigenvalue weighted by Crippen LogP contribution is -2.41. The summed E-state index contributed by atoms with van der Waals surface area (Å²) in [5, 5.41) is 6.16. The zero-order valence-corrected chi connectivity index (χ0v) is 19.7. The van der Waals surface area contributed by atoms with E-state index in [4.69, 9.17) is 0 Å². The molecule has 31 heavy (non-hydrogen) atoms. The van der Waals surface area contributed by atoms with Gasteiger partial charge in [-0.15, -0.1) is 0 Å². The lowest BCUT2D eigenvalue weighted by Gasteiger charge is -2.27. The number of hydrogen-bond donors (Lipinski definition) is 2. The maximum atomic E-state index is 12.3. The molecule has 0 spiro atoms. The van der Waals surface area contributed by atoms with E-state index in [0.717, 1.165) is 41.8 Å². The van der Waals surface area contributed by atoms with Crippen LogP contribution < -0.4 is 10.6 Å². The molecule has 168 valence electrons. The van der Waals surface area contributed by atoms with Gasteiger partial charge in [0.25, 0.3) is 0 Å². The smallest absolute Gasteiger partial charge is 0.220 e. The van der Waals surface area contributed by atoms with Gasteiger partial charge in [-0.3, -0.25) is 19.6 Å². The summed E-state index contributed by atoms with van der Waals surface area (Å²) in [6.45, 7) is 11.8. The molecule has 2 aromatic heterocycles. The highest BCUT2D eigenvalue weighted by Crippen LogP contribution is 2.21. The number of aromatic nitrogens is 2. The number of unbranched alkanes of at least 4 members (excludes halogenated alkanes) is 2. The van der Waals surface area contributed by atoms with Crippen molar-refractivity contribution in [2.24, 2.45) is 0 Å². The first kappa shape index (κ1) is 24.5. The number of aryl methyl sites for hydroxylation is 2. The Morgan fingerprint density at radius 3 is 1.42 bits per heavy atom. The molecule has 0 aromatic carbocycles. The van der Waals surface area contributed by atoms with Crippen molar-refractivity contribution in [3.63, 3.8) is 0 Å². The quantitative estimate of drug-likeness (QED) is 0.552. The molecular weight excluding hydrogens is 388 g/mol. The number of carbonyl (C=O) groups is 2. The summed E-state index contributed by atoms with van der Waals surface area (Å²) in [4.78, 5) is 33.3. The van der Waals surface area contributed by atoms with Gasteiger partial charge in [0, 0.05) is 36.6 Å². The Bertz CT molecular complexity index is 798. The molecule has 6 heteroatoms. The van der Waals surface area contributed by atoms with Crippen LogP contribution in [0.3, 0.4) is 0 Å². The summed E-state index contributed by atoms with van der Waals surface area (Å²) in [6, 6.07) is 7.89. The molecule has 0 fully saturated rings. The molecule has 0 aliphatic heterocycles. The van der Waals surface area contributed by atoms with Gasteiger partial charge in [-0.25, -0.2) is 0 Å². The van der Waals surface area contributed by atoms with Gasteiger partial charge in [0.15, 0.2) is 0 Å². The molecule has 0 aliphatic rings. The van der Waals surface area contributed by atoms with Crippen molar-refractivity contribution in [3.05, 3.63) is 59.2 Å². The summed E-state index contributed by atoms with van der Waals surface area (Å²) in [6.07, 6.45) is 6.86. The number of nitrogens with one attached hydrogen (secondary N) is 2. The van der Waals surface area contributed by atoms with Crippen LogP contribution in [0.25, 0.3) is 0 Å². The maximum Gasteiger partial charge on any atom is 0.220 e. The monoisotopic (exact) mass is 424 g/mol. The molecule has 0 atom stereocenters. The van der Waals surface area contributed by atoms with Gasteiger partial charge in [-0.1, -0.05) is 18.6 Å². The average molecular weight is 425 g/mol. The fourth-order valence-electron chi connectivity index (χ4n) is 3.39. The van der Waals surface area contributed by atoms with Crippen LogP contribution in [-0.2, 0) is 20.7 Å². The second-order valence-corrected chi connectivity index (χ2v) is 9.28.